The molecular formula is C21H31NO4. The molecule has 3 unspecified atom stereocenters. The third kappa shape index (κ3) is 8.97. The molecule has 3 atom stereocenters. The summed E-state index contributed by atoms with van der Waals surface area (Å²) < 4.78 is 0. The quantitative estimate of drug-likeness (QED) is 0.609. The lowest BCUT2D eigenvalue weighted by Crippen LogP contribution is -2.40. The zero-order valence-corrected chi connectivity index (χ0v) is 15.8. The highest BCUT2D eigenvalue weighted by atomic mass is 16.3. The minimum Gasteiger partial charge on any atom is -0.507 e. The Morgan fingerprint density at radius 3 is 1.54 bits per heavy atom. The number of aromatic hydroxyl groups is 1. The third-order valence-corrected chi connectivity index (χ3v) is 3.56. The molecule has 0 radical (unpaired) electrons. The van der Waals surface area contributed by atoms with E-state index in [2.05, 4.69) is 0 Å². The number of aliphatic hydroxyl groups excluding tert-OH is 3. The standard InChI is InChI=1S/C12H10O.C9H21NO3/c13-12-9-5-4-8-11(12)10-6-2-1-3-7-10;1-7(11)4-10(5-8(2)12)6-9(3)13/h1-9,13H;7-9,11-13H,4-6H2,1-3H3. The van der Waals surface area contributed by atoms with Crippen LogP contribution in [0.2, 0.25) is 0 Å². The maximum Gasteiger partial charge on any atom is 0.123 e. The molecule has 0 aliphatic carbocycles. The molecule has 0 saturated carbocycles. The van der Waals surface area contributed by atoms with Gasteiger partial charge < -0.3 is 20.4 Å². The van der Waals surface area contributed by atoms with Crippen LogP contribution in [0, 0.1) is 0 Å². The van der Waals surface area contributed by atoms with Gasteiger partial charge in [0.2, 0.25) is 0 Å². The largest absolute Gasteiger partial charge is 0.507 e. The summed E-state index contributed by atoms with van der Waals surface area (Å²) in [6.07, 6.45) is -1.30. The van der Waals surface area contributed by atoms with Crippen LogP contribution in [0.25, 0.3) is 11.1 Å². The molecular weight excluding hydrogens is 330 g/mol. The van der Waals surface area contributed by atoms with Gasteiger partial charge in [0.05, 0.1) is 18.3 Å². The second-order valence-electron chi connectivity index (χ2n) is 6.65. The number of nitrogens with zero attached hydrogens (tertiary/aromatic N) is 1. The van der Waals surface area contributed by atoms with Gasteiger partial charge in [-0.05, 0) is 32.4 Å². The van der Waals surface area contributed by atoms with E-state index in [0.29, 0.717) is 25.4 Å². The molecule has 2 aromatic carbocycles. The van der Waals surface area contributed by atoms with Gasteiger partial charge >= 0.3 is 0 Å². The topological polar surface area (TPSA) is 84.2 Å². The predicted octanol–water partition coefficient (Wildman–Crippen LogP) is 2.49. The molecule has 0 saturated heterocycles. The summed E-state index contributed by atoms with van der Waals surface area (Å²) in [7, 11) is 0. The number of hydrogen-bond donors (Lipinski definition) is 4. The van der Waals surface area contributed by atoms with Crippen molar-refractivity contribution < 1.29 is 20.4 Å². The van der Waals surface area contributed by atoms with Crippen LogP contribution in [0.5, 0.6) is 5.75 Å². The highest BCUT2D eigenvalue weighted by Crippen LogP contribution is 2.27. The Hall–Kier alpha value is -1.92. The number of phenolic OH excluding ortho intramolecular Hbond substituents is 1. The summed E-state index contributed by atoms with van der Waals surface area (Å²) in [5, 5.41) is 37.0. The van der Waals surface area contributed by atoms with Crippen LogP contribution in [-0.2, 0) is 0 Å². The number of aliphatic hydroxyl groups is 3. The zero-order valence-electron chi connectivity index (χ0n) is 15.8. The predicted molar refractivity (Wildman–Crippen MR) is 105 cm³/mol. The molecule has 0 bridgehead atoms. The van der Waals surface area contributed by atoms with Crippen LogP contribution in [0.4, 0.5) is 0 Å². The first kappa shape index (κ1) is 22.1. The Kier molecular flexibility index (Phi) is 9.91. The second kappa shape index (κ2) is 11.6. The number of hydrogen-bond acceptors (Lipinski definition) is 5. The van der Waals surface area contributed by atoms with E-state index in [0.717, 1.165) is 11.1 Å². The molecule has 0 aliphatic rings. The molecule has 0 heterocycles. The Morgan fingerprint density at radius 1 is 0.692 bits per heavy atom. The van der Waals surface area contributed by atoms with Gasteiger partial charge in [0.1, 0.15) is 5.75 Å². The average Bonchev–Trinajstić information content (AvgIpc) is 2.55. The summed E-state index contributed by atoms with van der Waals surface area (Å²) in [5.41, 5.74) is 1.92. The lowest BCUT2D eigenvalue weighted by Gasteiger charge is -2.25. The van der Waals surface area contributed by atoms with E-state index in [-0.39, 0.29) is 0 Å². The van der Waals surface area contributed by atoms with Gasteiger partial charge in [-0.2, -0.15) is 0 Å². The Balaban J connectivity index is 0.000000260. The Bertz CT molecular complexity index is 591. The van der Waals surface area contributed by atoms with Gasteiger partial charge in [-0.1, -0.05) is 48.5 Å². The summed E-state index contributed by atoms with van der Waals surface area (Å²) in [5.74, 6) is 0.328. The molecule has 2 rings (SSSR count). The van der Waals surface area contributed by atoms with Crippen molar-refractivity contribution in [2.24, 2.45) is 0 Å². The Morgan fingerprint density at radius 2 is 1.12 bits per heavy atom. The van der Waals surface area contributed by atoms with Crippen molar-refractivity contribution in [1.82, 2.24) is 4.90 Å². The fraction of sp³-hybridized carbons (Fsp3) is 0.429. The number of rotatable bonds is 7. The zero-order chi connectivity index (χ0) is 19.5. The van der Waals surface area contributed by atoms with Gasteiger partial charge in [0.25, 0.3) is 0 Å². The van der Waals surface area contributed by atoms with Gasteiger partial charge in [-0.15, -0.1) is 0 Å². The van der Waals surface area contributed by atoms with E-state index in [4.69, 9.17) is 15.3 Å². The maximum atomic E-state index is 9.56. The van der Waals surface area contributed by atoms with Crippen molar-refractivity contribution in [2.45, 2.75) is 39.1 Å². The molecule has 0 aromatic heterocycles. The minimum atomic E-state index is -0.433. The fourth-order valence-corrected chi connectivity index (χ4v) is 2.68. The molecule has 144 valence electrons. The molecule has 5 nitrogen and oxygen atoms in total. The van der Waals surface area contributed by atoms with Crippen LogP contribution < -0.4 is 0 Å². The third-order valence-electron chi connectivity index (χ3n) is 3.56. The van der Waals surface area contributed by atoms with Crippen LogP contribution in [0.15, 0.2) is 54.6 Å². The van der Waals surface area contributed by atoms with Crippen LogP contribution in [0.1, 0.15) is 20.8 Å². The summed E-state index contributed by atoms with van der Waals surface area (Å²) in [4.78, 5) is 1.85. The van der Waals surface area contributed by atoms with Crippen LogP contribution in [-0.4, -0.2) is 63.3 Å². The van der Waals surface area contributed by atoms with E-state index in [1.807, 2.05) is 53.4 Å². The van der Waals surface area contributed by atoms with E-state index < -0.39 is 18.3 Å². The molecule has 0 aliphatic heterocycles. The second-order valence-corrected chi connectivity index (χ2v) is 6.65. The fourth-order valence-electron chi connectivity index (χ4n) is 2.68. The van der Waals surface area contributed by atoms with E-state index in [1.54, 1.807) is 26.8 Å². The first-order valence-corrected chi connectivity index (χ1v) is 8.89. The summed E-state index contributed by atoms with van der Waals surface area (Å²) >= 11 is 0. The summed E-state index contributed by atoms with van der Waals surface area (Å²) in [6.45, 7) is 6.52. The van der Waals surface area contributed by atoms with Gasteiger partial charge in [0.15, 0.2) is 0 Å². The van der Waals surface area contributed by atoms with Gasteiger partial charge in [-0.3, -0.25) is 4.90 Å². The van der Waals surface area contributed by atoms with Gasteiger partial charge in [0, 0.05) is 25.2 Å². The number of para-hydroxylation sites is 1. The summed E-state index contributed by atoms with van der Waals surface area (Å²) in [6, 6.07) is 17.2. The van der Waals surface area contributed by atoms with Crippen molar-refractivity contribution in [3.8, 4) is 16.9 Å². The van der Waals surface area contributed by atoms with Crippen molar-refractivity contribution in [2.75, 3.05) is 19.6 Å². The van der Waals surface area contributed by atoms with Crippen molar-refractivity contribution in [3.05, 3.63) is 54.6 Å². The molecule has 0 spiro atoms. The smallest absolute Gasteiger partial charge is 0.123 e. The monoisotopic (exact) mass is 361 g/mol. The normalized spacial score (nSPS) is 14.3. The molecule has 0 fully saturated rings. The molecule has 26 heavy (non-hydrogen) atoms. The van der Waals surface area contributed by atoms with Crippen LogP contribution >= 0.6 is 0 Å². The molecule has 4 N–H and O–H groups in total. The first-order chi connectivity index (χ1) is 12.3. The number of phenols is 1. The van der Waals surface area contributed by atoms with Gasteiger partial charge in [-0.25, -0.2) is 0 Å². The lowest BCUT2D eigenvalue weighted by molar-refractivity contribution is 0.0530. The first-order valence-electron chi connectivity index (χ1n) is 8.89. The maximum absolute atomic E-state index is 9.56. The average molecular weight is 361 g/mol. The molecule has 2 aromatic rings. The Labute approximate surface area is 156 Å². The lowest BCUT2D eigenvalue weighted by atomic mass is 10.1. The SMILES string of the molecule is CC(O)CN(CC(C)O)CC(C)O.Oc1ccccc1-c1ccccc1. The highest BCUT2D eigenvalue weighted by Gasteiger charge is 2.12. The van der Waals surface area contributed by atoms with E-state index in [1.165, 1.54) is 0 Å². The van der Waals surface area contributed by atoms with Crippen molar-refractivity contribution in [1.29, 1.82) is 0 Å². The van der Waals surface area contributed by atoms with E-state index in [9.17, 15) is 5.11 Å². The van der Waals surface area contributed by atoms with Crippen molar-refractivity contribution >= 4 is 0 Å². The van der Waals surface area contributed by atoms with E-state index >= 15 is 0 Å². The molecule has 5 heteroatoms. The highest BCUT2D eigenvalue weighted by molar-refractivity contribution is 5.69. The molecule has 0 amide bonds. The minimum absolute atomic E-state index is 0.328. The van der Waals surface area contributed by atoms with Crippen molar-refractivity contribution in [3.63, 3.8) is 0 Å². The number of benzene rings is 2. The van der Waals surface area contributed by atoms with Crippen LogP contribution in [0.3, 0.4) is 0 Å².